The second-order valence-corrected chi connectivity index (χ2v) is 5.12. The topological polar surface area (TPSA) is 72.6 Å². The van der Waals surface area contributed by atoms with Crippen LogP contribution in [0.3, 0.4) is 0 Å². The van der Waals surface area contributed by atoms with Crippen LogP contribution >= 0.6 is 0 Å². The third-order valence-corrected chi connectivity index (χ3v) is 3.09. The van der Waals surface area contributed by atoms with Gasteiger partial charge in [0.25, 0.3) is 0 Å². The van der Waals surface area contributed by atoms with Crippen molar-refractivity contribution in [3.8, 4) is 5.75 Å². The maximum atomic E-state index is 11.4. The van der Waals surface area contributed by atoms with Crippen molar-refractivity contribution in [3.63, 3.8) is 0 Å². The van der Waals surface area contributed by atoms with Crippen LogP contribution in [-0.2, 0) is 10.3 Å². The van der Waals surface area contributed by atoms with E-state index in [-0.39, 0.29) is 5.75 Å². The Morgan fingerprint density at radius 1 is 1.33 bits per heavy atom. The molecular weight excluding hydrogens is 216 g/mol. The number of rotatable bonds is 3. The molecule has 1 aromatic carbocycles. The summed E-state index contributed by atoms with van der Waals surface area (Å²) >= 11 is 0. The first kappa shape index (κ1) is 11.8. The Kier molecular flexibility index (Phi) is 3.21. The number of aryl methyl sites for hydroxylation is 1. The third kappa shape index (κ3) is 2.84. The van der Waals surface area contributed by atoms with E-state index in [2.05, 4.69) is 0 Å². The van der Waals surface area contributed by atoms with Crippen molar-refractivity contribution in [1.29, 1.82) is 0 Å². The van der Waals surface area contributed by atoms with Gasteiger partial charge in [0.05, 0.1) is 5.69 Å². The summed E-state index contributed by atoms with van der Waals surface area (Å²) in [5.41, 5.74) is 6.87. The minimum atomic E-state index is -3.73. The van der Waals surface area contributed by atoms with Crippen molar-refractivity contribution in [3.05, 3.63) is 23.8 Å². The Labute approximate surface area is 89.7 Å². The van der Waals surface area contributed by atoms with Crippen LogP contribution in [0.15, 0.2) is 18.2 Å². The lowest BCUT2D eigenvalue weighted by Crippen LogP contribution is -2.27. The van der Waals surface area contributed by atoms with Crippen LogP contribution in [-0.4, -0.2) is 26.8 Å². The maximum absolute atomic E-state index is 11.4. The molecule has 0 bridgehead atoms. The molecule has 0 fully saturated rings. The van der Waals surface area contributed by atoms with E-state index < -0.39 is 10.3 Å². The maximum Gasteiger partial charge on any atom is 0.384 e. The zero-order valence-electron chi connectivity index (χ0n) is 8.89. The predicted octanol–water partition coefficient (Wildman–Crippen LogP) is 0.762. The lowest BCUT2D eigenvalue weighted by Gasteiger charge is -2.13. The molecule has 0 spiro atoms. The van der Waals surface area contributed by atoms with Crippen LogP contribution in [0.1, 0.15) is 5.56 Å². The molecule has 0 saturated heterocycles. The van der Waals surface area contributed by atoms with Gasteiger partial charge in [0.15, 0.2) is 5.75 Å². The van der Waals surface area contributed by atoms with Crippen molar-refractivity contribution in [2.75, 3.05) is 19.8 Å². The molecule has 6 heteroatoms. The van der Waals surface area contributed by atoms with Crippen LogP contribution in [0.2, 0.25) is 0 Å². The van der Waals surface area contributed by atoms with Gasteiger partial charge in [0, 0.05) is 14.1 Å². The molecule has 0 radical (unpaired) electrons. The van der Waals surface area contributed by atoms with Crippen LogP contribution in [0.4, 0.5) is 5.69 Å². The van der Waals surface area contributed by atoms with E-state index in [1.807, 2.05) is 6.92 Å². The molecular formula is C9H14N2O3S. The van der Waals surface area contributed by atoms with Crippen molar-refractivity contribution in [2.24, 2.45) is 0 Å². The average molecular weight is 230 g/mol. The Morgan fingerprint density at radius 2 is 1.93 bits per heavy atom. The number of hydrogen-bond acceptors (Lipinski definition) is 4. The summed E-state index contributed by atoms with van der Waals surface area (Å²) in [6.07, 6.45) is 0. The zero-order chi connectivity index (χ0) is 11.6. The number of anilines is 1. The molecule has 0 heterocycles. The molecule has 0 aromatic heterocycles. The number of hydrogen-bond donors (Lipinski definition) is 1. The standard InChI is InChI=1S/C9H14N2O3S/c1-7-4-5-9(8(10)6-7)14-15(12,13)11(2)3/h4-6H,10H2,1-3H3. The fourth-order valence-corrected chi connectivity index (χ4v) is 1.46. The second-order valence-electron chi connectivity index (χ2n) is 3.36. The predicted molar refractivity (Wildman–Crippen MR) is 58.8 cm³/mol. The molecule has 84 valence electrons. The molecule has 15 heavy (non-hydrogen) atoms. The van der Waals surface area contributed by atoms with Gasteiger partial charge < -0.3 is 9.92 Å². The Bertz CT molecular complexity index is 454. The highest BCUT2D eigenvalue weighted by atomic mass is 32.2. The van der Waals surface area contributed by atoms with Crippen molar-refractivity contribution >= 4 is 16.0 Å². The molecule has 0 aliphatic heterocycles. The van der Waals surface area contributed by atoms with Gasteiger partial charge in [-0.1, -0.05) is 6.07 Å². The van der Waals surface area contributed by atoms with Gasteiger partial charge in [0.1, 0.15) is 0 Å². The Morgan fingerprint density at radius 3 is 2.40 bits per heavy atom. The van der Waals surface area contributed by atoms with E-state index in [9.17, 15) is 8.42 Å². The van der Waals surface area contributed by atoms with Crippen molar-refractivity contribution in [2.45, 2.75) is 6.92 Å². The minimum Gasteiger partial charge on any atom is -0.396 e. The van der Waals surface area contributed by atoms with E-state index in [4.69, 9.17) is 9.92 Å². The molecule has 0 atom stereocenters. The van der Waals surface area contributed by atoms with Crippen LogP contribution < -0.4 is 9.92 Å². The van der Waals surface area contributed by atoms with Crippen molar-refractivity contribution < 1.29 is 12.6 Å². The quantitative estimate of drug-likeness (QED) is 0.778. The highest BCUT2D eigenvalue weighted by Crippen LogP contribution is 2.23. The Hall–Kier alpha value is -1.27. The van der Waals surface area contributed by atoms with Crippen LogP contribution in [0.25, 0.3) is 0 Å². The summed E-state index contributed by atoms with van der Waals surface area (Å²) < 4.78 is 28.6. The lowest BCUT2D eigenvalue weighted by atomic mass is 10.2. The first-order valence-corrected chi connectivity index (χ1v) is 5.67. The monoisotopic (exact) mass is 230 g/mol. The molecule has 2 N–H and O–H groups in total. The van der Waals surface area contributed by atoms with Gasteiger partial charge >= 0.3 is 10.3 Å². The second kappa shape index (κ2) is 4.08. The number of nitrogens with two attached hydrogens (primary N) is 1. The van der Waals surface area contributed by atoms with Gasteiger partial charge in [-0.25, -0.2) is 0 Å². The van der Waals surface area contributed by atoms with Crippen molar-refractivity contribution in [1.82, 2.24) is 4.31 Å². The smallest absolute Gasteiger partial charge is 0.384 e. The van der Waals surface area contributed by atoms with E-state index in [1.165, 1.54) is 20.2 Å². The lowest BCUT2D eigenvalue weighted by molar-refractivity contribution is 0.422. The largest absolute Gasteiger partial charge is 0.396 e. The SMILES string of the molecule is Cc1ccc(OS(=O)(=O)N(C)C)c(N)c1. The molecule has 5 nitrogen and oxygen atoms in total. The van der Waals surface area contributed by atoms with Crippen LogP contribution in [0.5, 0.6) is 5.75 Å². The van der Waals surface area contributed by atoms with Gasteiger partial charge in [-0.05, 0) is 24.6 Å². The van der Waals surface area contributed by atoms with E-state index in [0.717, 1.165) is 9.87 Å². The molecule has 1 rings (SSSR count). The Balaban J connectivity index is 3.01. The first-order valence-electron chi connectivity index (χ1n) is 4.31. The average Bonchev–Trinajstić information content (AvgIpc) is 2.09. The fraction of sp³-hybridized carbons (Fsp3) is 0.333. The zero-order valence-corrected chi connectivity index (χ0v) is 9.71. The summed E-state index contributed by atoms with van der Waals surface area (Å²) in [5.74, 6) is 0.148. The molecule has 0 aliphatic rings. The minimum absolute atomic E-state index is 0.148. The normalized spacial score (nSPS) is 11.7. The van der Waals surface area contributed by atoms with Crippen LogP contribution in [0, 0.1) is 6.92 Å². The summed E-state index contributed by atoms with van der Waals surface area (Å²) in [7, 11) is -0.956. The molecule has 0 amide bonds. The summed E-state index contributed by atoms with van der Waals surface area (Å²) in [4.78, 5) is 0. The highest BCUT2D eigenvalue weighted by molar-refractivity contribution is 7.84. The number of nitrogens with zero attached hydrogens (tertiary/aromatic N) is 1. The summed E-state index contributed by atoms with van der Waals surface area (Å²) in [5, 5.41) is 0. The van der Waals surface area contributed by atoms with Gasteiger partial charge in [-0.3, -0.25) is 0 Å². The molecule has 0 unspecified atom stereocenters. The highest BCUT2D eigenvalue weighted by Gasteiger charge is 2.17. The molecule has 1 aromatic rings. The number of benzene rings is 1. The molecule has 0 saturated carbocycles. The first-order chi connectivity index (χ1) is 6.83. The van der Waals surface area contributed by atoms with Gasteiger partial charge in [0.2, 0.25) is 0 Å². The fourth-order valence-electron chi connectivity index (χ4n) is 0.932. The number of nitrogen functional groups attached to an aromatic ring is 1. The van der Waals surface area contributed by atoms with E-state index >= 15 is 0 Å². The van der Waals surface area contributed by atoms with Gasteiger partial charge in [-0.15, -0.1) is 0 Å². The molecule has 0 aliphatic carbocycles. The summed E-state index contributed by atoms with van der Waals surface area (Å²) in [6.45, 7) is 1.86. The van der Waals surface area contributed by atoms with E-state index in [0.29, 0.717) is 5.69 Å². The van der Waals surface area contributed by atoms with E-state index in [1.54, 1.807) is 12.1 Å². The third-order valence-electron chi connectivity index (χ3n) is 1.81. The summed E-state index contributed by atoms with van der Waals surface area (Å²) in [6, 6.07) is 4.92. The van der Waals surface area contributed by atoms with Gasteiger partial charge in [-0.2, -0.15) is 12.7 Å².